The van der Waals surface area contributed by atoms with Crippen LogP contribution >= 0.6 is 0 Å². The van der Waals surface area contributed by atoms with Crippen LogP contribution in [0.2, 0.25) is 0 Å². The zero-order chi connectivity index (χ0) is 33.3. The third-order valence-corrected chi connectivity index (χ3v) is 9.71. The van der Waals surface area contributed by atoms with Crippen LogP contribution in [0.25, 0.3) is 88.3 Å². The molecule has 2 aromatic heterocycles. The van der Waals surface area contributed by atoms with Gasteiger partial charge in [-0.3, -0.25) is 9.97 Å². The van der Waals surface area contributed by atoms with Crippen molar-refractivity contribution in [3.05, 3.63) is 195 Å². The van der Waals surface area contributed by atoms with Crippen LogP contribution in [-0.2, 0) is 0 Å². The third kappa shape index (κ3) is 5.43. The number of benzene rings is 7. The molecule has 7 aromatic carbocycles. The predicted octanol–water partition coefficient (Wildman–Crippen LogP) is 12.8. The van der Waals surface area contributed by atoms with Crippen LogP contribution in [0.1, 0.15) is 0 Å². The number of fused-ring (bicyclic) bond motifs is 2. The molecule has 0 aliphatic heterocycles. The van der Waals surface area contributed by atoms with E-state index in [9.17, 15) is 0 Å². The monoisotopic (exact) mass is 636 g/mol. The quantitative estimate of drug-likeness (QED) is 0.170. The fraction of sp³-hybridized carbons (Fsp3) is 0. The van der Waals surface area contributed by atoms with Crippen molar-refractivity contribution in [2.24, 2.45) is 0 Å². The summed E-state index contributed by atoms with van der Waals surface area (Å²) >= 11 is 0. The molecule has 0 radical (unpaired) electrons. The molecular weight excluding hydrogens is 605 g/mol. The van der Waals surface area contributed by atoms with E-state index < -0.39 is 0 Å². The van der Waals surface area contributed by atoms with Gasteiger partial charge in [0, 0.05) is 24.8 Å². The molecule has 234 valence electrons. The van der Waals surface area contributed by atoms with E-state index >= 15 is 0 Å². The standard InChI is InChI=1S/C48H32N2/c1-3-7-39(8-4-1)47-43-21-19-42(36-17-13-34(14-18-36)38-25-29-50-30-26-38)32-46(43)48(40-9-5-2-6-10-40)44-22-20-41(31-45(44)47)35-15-11-33(12-16-35)37-23-27-49-28-24-37/h1-32H. The highest BCUT2D eigenvalue weighted by Gasteiger charge is 2.18. The van der Waals surface area contributed by atoms with E-state index in [-0.39, 0.29) is 0 Å². The lowest BCUT2D eigenvalue weighted by molar-refractivity contribution is 1.33. The summed E-state index contributed by atoms with van der Waals surface area (Å²) < 4.78 is 0. The molecule has 9 rings (SSSR count). The Hall–Kier alpha value is -6.64. The van der Waals surface area contributed by atoms with Crippen molar-refractivity contribution in [2.75, 3.05) is 0 Å². The first kappa shape index (κ1) is 29.5. The largest absolute Gasteiger partial charge is 0.265 e. The van der Waals surface area contributed by atoms with E-state index in [0.29, 0.717) is 0 Å². The minimum Gasteiger partial charge on any atom is -0.265 e. The lowest BCUT2D eigenvalue weighted by Crippen LogP contribution is -1.92. The van der Waals surface area contributed by atoms with Crippen LogP contribution in [0.3, 0.4) is 0 Å². The smallest absolute Gasteiger partial charge is 0.0273 e. The van der Waals surface area contributed by atoms with Crippen LogP contribution < -0.4 is 0 Å². The van der Waals surface area contributed by atoms with Crippen molar-refractivity contribution >= 4 is 21.5 Å². The summed E-state index contributed by atoms with van der Waals surface area (Å²) in [6.07, 6.45) is 7.37. The molecule has 0 aliphatic rings. The van der Waals surface area contributed by atoms with Crippen molar-refractivity contribution in [2.45, 2.75) is 0 Å². The van der Waals surface area contributed by atoms with E-state index in [1.165, 1.54) is 88.3 Å². The molecule has 0 N–H and O–H groups in total. The van der Waals surface area contributed by atoms with Crippen molar-refractivity contribution in [3.8, 4) is 66.8 Å². The van der Waals surface area contributed by atoms with Gasteiger partial charge in [0.15, 0.2) is 0 Å². The second kappa shape index (κ2) is 12.8. The Morgan fingerprint density at radius 1 is 0.220 bits per heavy atom. The molecule has 0 saturated heterocycles. The SMILES string of the molecule is c1ccc(-c2c3ccc(-c4ccc(-c5ccncc5)cc4)cc3c(-c3ccccc3)c3ccc(-c4ccc(-c5ccncc5)cc4)cc23)cc1. The molecule has 0 fully saturated rings. The summed E-state index contributed by atoms with van der Waals surface area (Å²) in [6.45, 7) is 0. The van der Waals surface area contributed by atoms with Crippen LogP contribution in [-0.4, -0.2) is 9.97 Å². The maximum Gasteiger partial charge on any atom is 0.0273 e. The van der Waals surface area contributed by atoms with E-state index in [2.05, 4.69) is 180 Å². The van der Waals surface area contributed by atoms with Gasteiger partial charge >= 0.3 is 0 Å². The molecule has 50 heavy (non-hydrogen) atoms. The lowest BCUT2D eigenvalue weighted by Gasteiger charge is -2.20. The molecule has 0 bridgehead atoms. The Labute approximate surface area is 292 Å². The highest BCUT2D eigenvalue weighted by Crippen LogP contribution is 2.46. The lowest BCUT2D eigenvalue weighted by atomic mass is 9.84. The topological polar surface area (TPSA) is 25.8 Å². The number of aromatic nitrogens is 2. The van der Waals surface area contributed by atoms with Crippen LogP contribution in [0.15, 0.2) is 195 Å². The number of rotatable bonds is 6. The Morgan fingerprint density at radius 2 is 0.520 bits per heavy atom. The highest BCUT2D eigenvalue weighted by molar-refractivity contribution is 6.22. The number of hydrogen-bond acceptors (Lipinski definition) is 2. The summed E-state index contributed by atoms with van der Waals surface area (Å²) in [7, 11) is 0. The Kier molecular flexibility index (Phi) is 7.53. The van der Waals surface area contributed by atoms with Gasteiger partial charge in [0.25, 0.3) is 0 Å². The zero-order valence-electron chi connectivity index (χ0n) is 27.4. The molecular formula is C48H32N2. The first-order chi connectivity index (χ1) is 24.8. The van der Waals surface area contributed by atoms with Crippen molar-refractivity contribution < 1.29 is 0 Å². The fourth-order valence-corrected chi connectivity index (χ4v) is 7.22. The van der Waals surface area contributed by atoms with E-state index in [4.69, 9.17) is 0 Å². The van der Waals surface area contributed by atoms with Crippen LogP contribution in [0.5, 0.6) is 0 Å². The minimum atomic E-state index is 1.17. The van der Waals surface area contributed by atoms with Gasteiger partial charge in [-0.25, -0.2) is 0 Å². The molecule has 0 spiro atoms. The highest BCUT2D eigenvalue weighted by atomic mass is 14.6. The van der Waals surface area contributed by atoms with Gasteiger partial charge in [0.05, 0.1) is 0 Å². The first-order valence-electron chi connectivity index (χ1n) is 17.0. The van der Waals surface area contributed by atoms with Crippen molar-refractivity contribution in [1.82, 2.24) is 9.97 Å². The summed E-state index contributed by atoms with van der Waals surface area (Å²) in [5.74, 6) is 0. The average molecular weight is 637 g/mol. The van der Waals surface area contributed by atoms with Gasteiger partial charge in [-0.15, -0.1) is 0 Å². The normalized spacial score (nSPS) is 11.2. The Bertz CT molecular complexity index is 2390. The molecule has 2 heterocycles. The molecule has 0 aliphatic carbocycles. The Balaban J connectivity index is 1.26. The van der Waals surface area contributed by atoms with Crippen molar-refractivity contribution in [1.29, 1.82) is 0 Å². The third-order valence-electron chi connectivity index (χ3n) is 9.71. The molecule has 2 heteroatoms. The Morgan fingerprint density at radius 3 is 0.880 bits per heavy atom. The predicted molar refractivity (Wildman–Crippen MR) is 210 cm³/mol. The second-order valence-electron chi connectivity index (χ2n) is 12.6. The summed E-state index contributed by atoms with van der Waals surface area (Å²) in [4.78, 5) is 8.36. The molecule has 0 amide bonds. The van der Waals surface area contributed by atoms with Gasteiger partial charge in [-0.2, -0.15) is 0 Å². The number of pyridine rings is 2. The first-order valence-corrected chi connectivity index (χ1v) is 17.0. The summed E-state index contributed by atoms with van der Waals surface area (Å²) in [5.41, 5.74) is 14.4. The maximum absolute atomic E-state index is 4.18. The second-order valence-corrected chi connectivity index (χ2v) is 12.6. The summed E-state index contributed by atoms with van der Waals surface area (Å²) in [5, 5.41) is 4.97. The van der Waals surface area contributed by atoms with E-state index in [1.807, 2.05) is 24.8 Å². The molecule has 0 atom stereocenters. The van der Waals surface area contributed by atoms with Gasteiger partial charge in [-0.1, -0.05) is 133 Å². The van der Waals surface area contributed by atoms with Gasteiger partial charge in [-0.05, 0) is 125 Å². The van der Waals surface area contributed by atoms with Gasteiger partial charge in [0.1, 0.15) is 0 Å². The molecule has 0 saturated carbocycles. The average Bonchev–Trinajstić information content (AvgIpc) is 3.21. The maximum atomic E-state index is 4.18. The molecule has 9 aromatic rings. The van der Waals surface area contributed by atoms with Crippen LogP contribution in [0.4, 0.5) is 0 Å². The van der Waals surface area contributed by atoms with E-state index in [1.54, 1.807) is 0 Å². The molecule has 0 unspecified atom stereocenters. The zero-order valence-corrected chi connectivity index (χ0v) is 27.4. The van der Waals surface area contributed by atoms with Gasteiger partial charge in [0.2, 0.25) is 0 Å². The van der Waals surface area contributed by atoms with Gasteiger partial charge < -0.3 is 0 Å². The van der Waals surface area contributed by atoms with E-state index in [0.717, 1.165) is 0 Å². The number of hydrogen-bond donors (Lipinski definition) is 0. The molecule has 2 nitrogen and oxygen atoms in total. The number of nitrogens with zero attached hydrogens (tertiary/aromatic N) is 2. The summed E-state index contributed by atoms with van der Waals surface area (Å²) in [6, 6.07) is 61.6. The fourth-order valence-electron chi connectivity index (χ4n) is 7.22. The minimum absolute atomic E-state index is 1.17. The van der Waals surface area contributed by atoms with Crippen LogP contribution in [0, 0.1) is 0 Å². The van der Waals surface area contributed by atoms with Crippen molar-refractivity contribution in [3.63, 3.8) is 0 Å².